The molecule has 2 nitrogen and oxygen atoms in total. The smallest absolute Gasteiger partial charge is 0.165 e. The second kappa shape index (κ2) is 3.96. The van der Waals surface area contributed by atoms with E-state index in [2.05, 4.69) is 0 Å². The van der Waals surface area contributed by atoms with Crippen molar-refractivity contribution in [3.63, 3.8) is 0 Å². The minimum Gasteiger partial charge on any atom is -0.486 e. The second-order valence-electron chi connectivity index (χ2n) is 2.85. The summed E-state index contributed by atoms with van der Waals surface area (Å²) < 4.78 is 23.2. The molecule has 0 aliphatic heterocycles. The minimum atomic E-state index is -0.351. The zero-order valence-electron chi connectivity index (χ0n) is 7.44. The summed E-state index contributed by atoms with van der Waals surface area (Å²) in [5.74, 6) is -0.0929. The maximum atomic E-state index is 13.1. The summed E-state index contributed by atoms with van der Waals surface area (Å²) >= 11 is 0. The molecule has 0 amide bonds. The molecule has 1 aromatic heterocycles. The number of furan rings is 1. The van der Waals surface area contributed by atoms with Gasteiger partial charge in [-0.1, -0.05) is 12.1 Å². The van der Waals surface area contributed by atoms with Crippen molar-refractivity contribution in [2.45, 2.75) is 6.61 Å². The Morgan fingerprint density at radius 3 is 2.79 bits per heavy atom. The Morgan fingerprint density at radius 1 is 1.21 bits per heavy atom. The fourth-order valence-electron chi connectivity index (χ4n) is 1.10. The SMILES string of the molecule is Fc1ccccc1OCc1ccoc1. The molecule has 0 fully saturated rings. The molecular formula is C11H9FO2. The van der Waals surface area contributed by atoms with Gasteiger partial charge in [0.05, 0.1) is 12.5 Å². The van der Waals surface area contributed by atoms with Crippen LogP contribution in [0.3, 0.4) is 0 Å². The second-order valence-corrected chi connectivity index (χ2v) is 2.85. The molecule has 0 radical (unpaired) electrons. The molecule has 0 aliphatic carbocycles. The zero-order valence-corrected chi connectivity index (χ0v) is 7.44. The number of benzene rings is 1. The molecule has 72 valence electrons. The minimum absolute atomic E-state index is 0.258. The van der Waals surface area contributed by atoms with Crippen molar-refractivity contribution in [1.82, 2.24) is 0 Å². The Morgan fingerprint density at radius 2 is 2.07 bits per heavy atom. The molecule has 0 aliphatic rings. The molecule has 2 aromatic rings. The van der Waals surface area contributed by atoms with E-state index >= 15 is 0 Å². The van der Waals surface area contributed by atoms with E-state index in [1.54, 1.807) is 36.8 Å². The molecule has 0 atom stereocenters. The van der Waals surface area contributed by atoms with Gasteiger partial charge in [-0.2, -0.15) is 0 Å². The molecule has 0 spiro atoms. The highest BCUT2D eigenvalue weighted by atomic mass is 19.1. The van der Waals surface area contributed by atoms with Crippen LogP contribution in [-0.4, -0.2) is 0 Å². The third-order valence-corrected chi connectivity index (χ3v) is 1.81. The van der Waals surface area contributed by atoms with E-state index in [-0.39, 0.29) is 11.6 Å². The summed E-state index contributed by atoms with van der Waals surface area (Å²) in [4.78, 5) is 0. The van der Waals surface area contributed by atoms with Gasteiger partial charge in [0, 0.05) is 5.56 Å². The van der Waals surface area contributed by atoms with Crippen molar-refractivity contribution in [3.05, 3.63) is 54.2 Å². The third-order valence-electron chi connectivity index (χ3n) is 1.81. The van der Waals surface area contributed by atoms with Gasteiger partial charge >= 0.3 is 0 Å². The van der Waals surface area contributed by atoms with E-state index in [9.17, 15) is 4.39 Å². The Hall–Kier alpha value is -1.77. The van der Waals surface area contributed by atoms with Crippen molar-refractivity contribution in [2.24, 2.45) is 0 Å². The monoisotopic (exact) mass is 192 g/mol. The standard InChI is InChI=1S/C11H9FO2/c12-10-3-1-2-4-11(10)14-8-9-5-6-13-7-9/h1-7H,8H2. The van der Waals surface area contributed by atoms with Crippen molar-refractivity contribution >= 4 is 0 Å². The fraction of sp³-hybridized carbons (Fsp3) is 0.0909. The highest BCUT2D eigenvalue weighted by molar-refractivity contribution is 5.24. The molecule has 2 rings (SSSR count). The molecule has 1 heterocycles. The summed E-state index contributed by atoms with van der Waals surface area (Å²) in [6.07, 6.45) is 3.13. The normalized spacial score (nSPS) is 10.1. The summed E-state index contributed by atoms with van der Waals surface area (Å²) in [5.41, 5.74) is 0.883. The predicted octanol–water partition coefficient (Wildman–Crippen LogP) is 3.00. The summed E-state index contributed by atoms with van der Waals surface area (Å²) in [6.45, 7) is 0.317. The van der Waals surface area contributed by atoms with Crippen molar-refractivity contribution in [3.8, 4) is 5.75 Å². The van der Waals surface area contributed by atoms with Crippen LogP contribution in [0.4, 0.5) is 4.39 Å². The van der Waals surface area contributed by atoms with Gasteiger partial charge in [-0.3, -0.25) is 0 Å². The molecule has 3 heteroatoms. The van der Waals surface area contributed by atoms with E-state index < -0.39 is 0 Å². The van der Waals surface area contributed by atoms with Gasteiger partial charge < -0.3 is 9.15 Å². The Kier molecular flexibility index (Phi) is 2.49. The van der Waals surface area contributed by atoms with Crippen LogP contribution in [0, 0.1) is 5.82 Å². The van der Waals surface area contributed by atoms with Gasteiger partial charge in [0.25, 0.3) is 0 Å². The lowest BCUT2D eigenvalue weighted by atomic mass is 10.3. The fourth-order valence-corrected chi connectivity index (χ4v) is 1.10. The lowest BCUT2D eigenvalue weighted by Gasteiger charge is -2.04. The average molecular weight is 192 g/mol. The lowest BCUT2D eigenvalue weighted by molar-refractivity contribution is 0.289. The van der Waals surface area contributed by atoms with Gasteiger partial charge in [-0.15, -0.1) is 0 Å². The molecule has 1 aromatic carbocycles. The maximum Gasteiger partial charge on any atom is 0.165 e. The van der Waals surface area contributed by atoms with Gasteiger partial charge in [0.15, 0.2) is 11.6 Å². The number of rotatable bonds is 3. The van der Waals surface area contributed by atoms with Crippen molar-refractivity contribution in [1.29, 1.82) is 0 Å². The van der Waals surface area contributed by atoms with Crippen LogP contribution in [0.2, 0.25) is 0 Å². The van der Waals surface area contributed by atoms with E-state index in [1.807, 2.05) is 0 Å². The molecule has 0 bridgehead atoms. The molecule has 0 unspecified atom stereocenters. The third kappa shape index (κ3) is 1.93. The Labute approximate surface area is 80.9 Å². The Bertz CT molecular complexity index is 395. The van der Waals surface area contributed by atoms with Crippen LogP contribution in [0.5, 0.6) is 5.75 Å². The van der Waals surface area contributed by atoms with E-state index in [0.717, 1.165) is 5.56 Å². The lowest BCUT2D eigenvalue weighted by Crippen LogP contribution is -1.95. The van der Waals surface area contributed by atoms with Gasteiger partial charge in [0.2, 0.25) is 0 Å². The summed E-state index contributed by atoms with van der Waals surface area (Å²) in [6, 6.07) is 8.09. The van der Waals surface area contributed by atoms with Crippen LogP contribution in [0.15, 0.2) is 47.3 Å². The first-order valence-corrected chi connectivity index (χ1v) is 4.24. The average Bonchev–Trinajstić information content (AvgIpc) is 2.69. The number of halogens is 1. The highest BCUT2D eigenvalue weighted by Crippen LogP contribution is 2.16. The van der Waals surface area contributed by atoms with Crippen LogP contribution in [0.1, 0.15) is 5.56 Å². The van der Waals surface area contributed by atoms with Gasteiger partial charge in [0.1, 0.15) is 6.61 Å². The zero-order chi connectivity index (χ0) is 9.80. The van der Waals surface area contributed by atoms with E-state index in [0.29, 0.717) is 6.61 Å². The Balaban J connectivity index is 2.02. The van der Waals surface area contributed by atoms with Crippen LogP contribution in [-0.2, 0) is 6.61 Å². The molecule has 0 saturated heterocycles. The first kappa shape index (κ1) is 8.81. The first-order chi connectivity index (χ1) is 6.86. The van der Waals surface area contributed by atoms with E-state index in [4.69, 9.17) is 9.15 Å². The predicted molar refractivity (Wildman–Crippen MR) is 49.4 cm³/mol. The van der Waals surface area contributed by atoms with Gasteiger partial charge in [-0.05, 0) is 18.2 Å². The first-order valence-electron chi connectivity index (χ1n) is 4.24. The van der Waals surface area contributed by atoms with E-state index in [1.165, 1.54) is 6.07 Å². The highest BCUT2D eigenvalue weighted by Gasteiger charge is 2.01. The number of hydrogen-bond acceptors (Lipinski definition) is 2. The molecule has 0 saturated carbocycles. The number of ether oxygens (including phenoxy) is 1. The van der Waals surface area contributed by atoms with Crippen LogP contribution < -0.4 is 4.74 Å². The van der Waals surface area contributed by atoms with Crippen LogP contribution in [0.25, 0.3) is 0 Å². The van der Waals surface area contributed by atoms with Crippen molar-refractivity contribution in [2.75, 3.05) is 0 Å². The number of hydrogen-bond donors (Lipinski definition) is 0. The molecule has 14 heavy (non-hydrogen) atoms. The van der Waals surface area contributed by atoms with Crippen LogP contribution >= 0.6 is 0 Å². The summed E-state index contributed by atoms with van der Waals surface area (Å²) in [7, 11) is 0. The largest absolute Gasteiger partial charge is 0.486 e. The molecular weight excluding hydrogens is 183 g/mol. The summed E-state index contributed by atoms with van der Waals surface area (Å²) in [5, 5.41) is 0. The topological polar surface area (TPSA) is 22.4 Å². The van der Waals surface area contributed by atoms with Crippen molar-refractivity contribution < 1.29 is 13.5 Å². The van der Waals surface area contributed by atoms with Gasteiger partial charge in [-0.25, -0.2) is 4.39 Å². The quantitative estimate of drug-likeness (QED) is 0.745. The molecule has 0 N–H and O–H groups in total. The maximum absolute atomic E-state index is 13.1. The number of para-hydroxylation sites is 1.